The molecule has 0 saturated heterocycles. The van der Waals surface area contributed by atoms with Gasteiger partial charge in [0.2, 0.25) is 0 Å². The first kappa shape index (κ1) is 11.7. The second-order valence-corrected chi connectivity index (χ2v) is 4.97. The molecule has 1 atom stereocenters. The monoisotopic (exact) mass is 212 g/mol. The Bertz CT molecular complexity index is 231. The van der Waals surface area contributed by atoms with Crippen LogP contribution < -0.4 is 5.73 Å². The first-order chi connectivity index (χ1) is 6.68. The van der Waals surface area contributed by atoms with Crippen LogP contribution in [0.4, 0.5) is 0 Å². The summed E-state index contributed by atoms with van der Waals surface area (Å²) >= 11 is 1.82. The normalized spacial score (nSPS) is 13.4. The molecule has 0 aliphatic rings. The molecule has 3 heteroatoms. The molecule has 0 aliphatic heterocycles. The highest BCUT2D eigenvalue weighted by Gasteiger charge is 2.01. The summed E-state index contributed by atoms with van der Waals surface area (Å²) in [6.07, 6.45) is 2.31. The summed E-state index contributed by atoms with van der Waals surface area (Å²) in [5.74, 6) is 0. The second kappa shape index (κ2) is 6.17. The number of rotatable bonds is 6. The summed E-state index contributed by atoms with van der Waals surface area (Å²) in [6.45, 7) is 4.27. The van der Waals surface area contributed by atoms with E-state index in [-0.39, 0.29) is 0 Å². The van der Waals surface area contributed by atoms with Gasteiger partial charge in [0, 0.05) is 17.5 Å². The predicted molar refractivity (Wildman–Crippen MR) is 63.5 cm³/mol. The van der Waals surface area contributed by atoms with Crippen molar-refractivity contribution >= 4 is 11.3 Å². The van der Waals surface area contributed by atoms with Gasteiger partial charge < -0.3 is 10.6 Å². The van der Waals surface area contributed by atoms with E-state index < -0.39 is 0 Å². The predicted octanol–water partition coefficient (Wildman–Crippen LogP) is 2.31. The number of thiophene rings is 1. The van der Waals surface area contributed by atoms with E-state index in [1.807, 2.05) is 11.3 Å². The van der Waals surface area contributed by atoms with E-state index in [0.717, 1.165) is 19.5 Å². The molecule has 14 heavy (non-hydrogen) atoms. The maximum Gasteiger partial charge on any atom is 0.0324 e. The molecule has 1 aromatic rings. The van der Waals surface area contributed by atoms with Crippen molar-refractivity contribution in [2.45, 2.75) is 32.4 Å². The SMILES string of the molecule is CC(N)CCCN(C)Cc1cccs1. The molecule has 0 aliphatic carbocycles. The molecule has 2 N–H and O–H groups in total. The Morgan fingerprint density at radius 2 is 2.36 bits per heavy atom. The summed E-state index contributed by atoms with van der Waals surface area (Å²) in [6, 6.07) is 4.63. The summed E-state index contributed by atoms with van der Waals surface area (Å²) in [7, 11) is 2.17. The minimum absolute atomic E-state index is 0.338. The summed E-state index contributed by atoms with van der Waals surface area (Å²) in [4.78, 5) is 3.79. The quantitative estimate of drug-likeness (QED) is 0.784. The van der Waals surface area contributed by atoms with Crippen molar-refractivity contribution in [2.75, 3.05) is 13.6 Å². The van der Waals surface area contributed by atoms with E-state index in [1.165, 1.54) is 11.3 Å². The highest BCUT2D eigenvalue weighted by molar-refractivity contribution is 7.09. The van der Waals surface area contributed by atoms with Crippen LogP contribution in [0.1, 0.15) is 24.6 Å². The van der Waals surface area contributed by atoms with Crippen LogP contribution in [0.25, 0.3) is 0 Å². The van der Waals surface area contributed by atoms with Crippen LogP contribution in [-0.4, -0.2) is 24.5 Å². The van der Waals surface area contributed by atoms with Gasteiger partial charge in [-0.05, 0) is 44.8 Å². The molecule has 1 rings (SSSR count). The van der Waals surface area contributed by atoms with E-state index >= 15 is 0 Å². The maximum atomic E-state index is 5.70. The molecule has 0 aromatic carbocycles. The zero-order valence-electron chi connectivity index (χ0n) is 9.07. The van der Waals surface area contributed by atoms with Crippen molar-refractivity contribution in [3.8, 4) is 0 Å². The topological polar surface area (TPSA) is 29.3 Å². The second-order valence-electron chi connectivity index (χ2n) is 3.94. The smallest absolute Gasteiger partial charge is 0.0324 e. The molecule has 0 spiro atoms. The number of hydrogen-bond donors (Lipinski definition) is 1. The highest BCUT2D eigenvalue weighted by atomic mass is 32.1. The van der Waals surface area contributed by atoms with Gasteiger partial charge in [-0.2, -0.15) is 0 Å². The molecular weight excluding hydrogens is 192 g/mol. The molecule has 0 fully saturated rings. The lowest BCUT2D eigenvalue weighted by Crippen LogP contribution is -2.21. The van der Waals surface area contributed by atoms with Gasteiger partial charge in [-0.25, -0.2) is 0 Å². The Morgan fingerprint density at radius 1 is 1.57 bits per heavy atom. The minimum Gasteiger partial charge on any atom is -0.328 e. The number of nitrogens with zero attached hydrogens (tertiary/aromatic N) is 1. The van der Waals surface area contributed by atoms with Crippen molar-refractivity contribution in [1.29, 1.82) is 0 Å². The molecule has 1 heterocycles. The van der Waals surface area contributed by atoms with Gasteiger partial charge in [-0.15, -0.1) is 11.3 Å². The average Bonchev–Trinajstić information content (AvgIpc) is 2.56. The van der Waals surface area contributed by atoms with Crippen LogP contribution in [0.5, 0.6) is 0 Å². The number of nitrogens with two attached hydrogens (primary N) is 1. The highest BCUT2D eigenvalue weighted by Crippen LogP contribution is 2.11. The fourth-order valence-electron chi connectivity index (χ4n) is 1.43. The van der Waals surface area contributed by atoms with Crippen LogP contribution in [-0.2, 0) is 6.54 Å². The lowest BCUT2D eigenvalue weighted by molar-refractivity contribution is 0.318. The van der Waals surface area contributed by atoms with Gasteiger partial charge in [0.15, 0.2) is 0 Å². The molecule has 0 bridgehead atoms. The van der Waals surface area contributed by atoms with Gasteiger partial charge in [-0.1, -0.05) is 6.07 Å². The van der Waals surface area contributed by atoms with Crippen LogP contribution in [0.2, 0.25) is 0 Å². The Balaban J connectivity index is 2.13. The number of hydrogen-bond acceptors (Lipinski definition) is 3. The van der Waals surface area contributed by atoms with Gasteiger partial charge in [-0.3, -0.25) is 0 Å². The van der Waals surface area contributed by atoms with E-state index in [1.54, 1.807) is 0 Å². The lowest BCUT2D eigenvalue weighted by atomic mass is 10.2. The maximum absolute atomic E-state index is 5.70. The summed E-state index contributed by atoms with van der Waals surface area (Å²) in [5, 5.41) is 2.13. The summed E-state index contributed by atoms with van der Waals surface area (Å²) in [5.41, 5.74) is 5.70. The van der Waals surface area contributed by atoms with Crippen LogP contribution >= 0.6 is 11.3 Å². The third-order valence-corrected chi connectivity index (χ3v) is 3.07. The van der Waals surface area contributed by atoms with Crippen molar-refractivity contribution in [3.63, 3.8) is 0 Å². The van der Waals surface area contributed by atoms with Gasteiger partial charge >= 0.3 is 0 Å². The first-order valence-electron chi connectivity index (χ1n) is 5.15. The third-order valence-electron chi connectivity index (χ3n) is 2.21. The first-order valence-corrected chi connectivity index (χ1v) is 6.03. The van der Waals surface area contributed by atoms with Crippen LogP contribution in [0, 0.1) is 0 Å². The van der Waals surface area contributed by atoms with E-state index in [0.29, 0.717) is 6.04 Å². The van der Waals surface area contributed by atoms with Crippen LogP contribution in [0.3, 0.4) is 0 Å². The van der Waals surface area contributed by atoms with Crippen LogP contribution in [0.15, 0.2) is 17.5 Å². The Kier molecular flexibility index (Phi) is 5.15. The average molecular weight is 212 g/mol. The molecule has 80 valence electrons. The van der Waals surface area contributed by atoms with Gasteiger partial charge in [0.05, 0.1) is 0 Å². The van der Waals surface area contributed by atoms with E-state index in [2.05, 4.69) is 36.4 Å². The third kappa shape index (κ3) is 4.74. The molecule has 0 amide bonds. The molecule has 0 saturated carbocycles. The standard InChI is InChI=1S/C11H20N2S/c1-10(12)5-3-7-13(2)9-11-6-4-8-14-11/h4,6,8,10H,3,5,7,9,12H2,1-2H3. The lowest BCUT2D eigenvalue weighted by Gasteiger charge is -2.15. The molecule has 0 radical (unpaired) electrons. The van der Waals surface area contributed by atoms with Crippen molar-refractivity contribution in [3.05, 3.63) is 22.4 Å². The fraction of sp³-hybridized carbons (Fsp3) is 0.636. The van der Waals surface area contributed by atoms with Crippen molar-refractivity contribution in [2.24, 2.45) is 5.73 Å². The van der Waals surface area contributed by atoms with Crippen molar-refractivity contribution < 1.29 is 0 Å². The molecule has 2 nitrogen and oxygen atoms in total. The van der Waals surface area contributed by atoms with Gasteiger partial charge in [0.1, 0.15) is 0 Å². The Labute approximate surface area is 90.7 Å². The zero-order chi connectivity index (χ0) is 10.4. The minimum atomic E-state index is 0.338. The Morgan fingerprint density at radius 3 is 2.93 bits per heavy atom. The fourth-order valence-corrected chi connectivity index (χ4v) is 2.21. The van der Waals surface area contributed by atoms with Crippen molar-refractivity contribution in [1.82, 2.24) is 4.90 Å². The van der Waals surface area contributed by atoms with E-state index in [9.17, 15) is 0 Å². The molecular formula is C11H20N2S. The zero-order valence-corrected chi connectivity index (χ0v) is 9.89. The molecule has 1 aromatic heterocycles. The largest absolute Gasteiger partial charge is 0.328 e. The van der Waals surface area contributed by atoms with Gasteiger partial charge in [0.25, 0.3) is 0 Å². The molecule has 1 unspecified atom stereocenters. The van der Waals surface area contributed by atoms with E-state index in [4.69, 9.17) is 5.73 Å². The Hall–Kier alpha value is -0.380. The summed E-state index contributed by atoms with van der Waals surface area (Å²) < 4.78 is 0.